The zero-order valence-corrected chi connectivity index (χ0v) is 16.9. The zero-order chi connectivity index (χ0) is 18.8. The fourth-order valence-electron chi connectivity index (χ4n) is 3.11. The van der Waals surface area contributed by atoms with E-state index in [1.165, 1.54) is 16.7 Å². The molecule has 1 aliphatic heterocycles. The third-order valence-corrected chi connectivity index (χ3v) is 6.64. The number of aromatic amines is 1. The summed E-state index contributed by atoms with van der Waals surface area (Å²) in [5, 5.41) is 1.25. The Morgan fingerprint density at radius 2 is 2.22 bits per heavy atom. The molecule has 1 atom stereocenters. The highest BCUT2D eigenvalue weighted by Gasteiger charge is 2.24. The first-order valence-electron chi connectivity index (χ1n) is 8.86. The number of hydrogen-bond donors (Lipinski definition) is 1. The number of ether oxygens (including phenoxy) is 1. The van der Waals surface area contributed by atoms with Gasteiger partial charge in [0.1, 0.15) is 5.75 Å². The monoisotopic (exact) mass is 399 g/mol. The molecule has 0 fully saturated rings. The number of fused-ring (bicyclic) bond motifs is 2. The van der Waals surface area contributed by atoms with Crippen molar-refractivity contribution in [1.29, 1.82) is 0 Å². The molecule has 0 aliphatic carbocycles. The highest BCUT2D eigenvalue weighted by Crippen LogP contribution is 2.37. The normalized spacial score (nSPS) is 16.8. The van der Waals surface area contributed by atoms with Crippen molar-refractivity contribution in [1.82, 2.24) is 9.97 Å². The predicted molar refractivity (Wildman–Crippen MR) is 112 cm³/mol. The number of amides is 1. The molecule has 0 saturated heterocycles. The van der Waals surface area contributed by atoms with E-state index in [0.717, 1.165) is 40.6 Å². The molecular weight excluding hydrogens is 378 g/mol. The maximum atomic E-state index is 12.9. The Labute approximate surface area is 166 Å². The van der Waals surface area contributed by atoms with Crippen LogP contribution in [0.15, 0.2) is 52.5 Å². The van der Waals surface area contributed by atoms with E-state index >= 15 is 0 Å². The van der Waals surface area contributed by atoms with Gasteiger partial charge in [0, 0.05) is 22.8 Å². The Balaban J connectivity index is 1.49. The average Bonchev–Trinajstić information content (AvgIpc) is 3.01. The Morgan fingerprint density at radius 1 is 1.37 bits per heavy atom. The number of para-hydroxylation sites is 1. The van der Waals surface area contributed by atoms with Gasteiger partial charge in [0.05, 0.1) is 29.6 Å². The van der Waals surface area contributed by atoms with Crippen LogP contribution in [0.2, 0.25) is 0 Å². The number of nitrogens with zero attached hydrogens (tertiary/aromatic N) is 2. The van der Waals surface area contributed by atoms with E-state index in [0.29, 0.717) is 11.0 Å². The highest BCUT2D eigenvalue weighted by molar-refractivity contribution is 8.00. The molecular formula is C20H21N3O2S2. The number of thioether (sulfide) groups is 2. The zero-order valence-electron chi connectivity index (χ0n) is 15.3. The van der Waals surface area contributed by atoms with E-state index in [9.17, 15) is 4.79 Å². The van der Waals surface area contributed by atoms with E-state index in [4.69, 9.17) is 4.74 Å². The molecule has 0 unspecified atom stereocenters. The minimum absolute atomic E-state index is 0.111. The van der Waals surface area contributed by atoms with Crippen molar-refractivity contribution >= 4 is 46.2 Å². The molecule has 140 valence electrons. The lowest BCUT2D eigenvalue weighted by molar-refractivity contribution is -0.116. The number of nitrogens with one attached hydrogen (secondary N) is 1. The number of imidazole rings is 1. The molecule has 0 saturated carbocycles. The fraction of sp³-hybridized carbons (Fsp3) is 0.300. The molecule has 0 bridgehead atoms. The minimum Gasteiger partial charge on any atom is -0.497 e. The predicted octanol–water partition coefficient (Wildman–Crippen LogP) is 4.58. The van der Waals surface area contributed by atoms with Gasteiger partial charge < -0.3 is 14.6 Å². The molecule has 1 N–H and O–H groups in total. The maximum absolute atomic E-state index is 12.9. The number of anilines is 1. The molecule has 1 amide bonds. The minimum atomic E-state index is 0.111. The van der Waals surface area contributed by atoms with Gasteiger partial charge in [-0.2, -0.15) is 0 Å². The quantitative estimate of drug-likeness (QED) is 0.651. The van der Waals surface area contributed by atoms with Crippen molar-refractivity contribution in [3.05, 3.63) is 42.5 Å². The first kappa shape index (κ1) is 18.3. The second-order valence-corrected chi connectivity index (χ2v) is 8.89. The van der Waals surface area contributed by atoms with Crippen LogP contribution in [0.3, 0.4) is 0 Å². The molecule has 4 rings (SSSR count). The van der Waals surface area contributed by atoms with Crippen molar-refractivity contribution in [2.45, 2.75) is 28.6 Å². The first-order valence-corrected chi connectivity index (χ1v) is 10.7. The number of benzene rings is 2. The van der Waals surface area contributed by atoms with Crippen LogP contribution in [0.1, 0.15) is 13.3 Å². The van der Waals surface area contributed by atoms with Gasteiger partial charge in [-0.05, 0) is 30.7 Å². The van der Waals surface area contributed by atoms with E-state index in [-0.39, 0.29) is 5.91 Å². The standard InChI is InChI=1S/C20H21N3O2S2/c1-13-9-10-23(17-5-3-4-6-18(17)27-13)19(24)12-26-20-21-15-8-7-14(25-2)11-16(15)22-20/h3-8,11,13H,9-10,12H2,1-2H3,(H,21,22)/t13-/m0/s1. The molecule has 27 heavy (non-hydrogen) atoms. The number of methoxy groups -OCH3 is 1. The number of carbonyl (C=O) groups is 1. The number of H-pyrrole nitrogens is 1. The summed E-state index contributed by atoms with van der Waals surface area (Å²) in [5.41, 5.74) is 2.80. The number of aromatic nitrogens is 2. The van der Waals surface area contributed by atoms with E-state index < -0.39 is 0 Å². The summed E-state index contributed by atoms with van der Waals surface area (Å²) >= 11 is 3.28. The second kappa shape index (κ2) is 7.86. The van der Waals surface area contributed by atoms with Crippen LogP contribution in [-0.4, -0.2) is 40.5 Å². The van der Waals surface area contributed by atoms with Gasteiger partial charge in [0.2, 0.25) is 5.91 Å². The van der Waals surface area contributed by atoms with Crippen molar-refractivity contribution < 1.29 is 9.53 Å². The molecule has 7 heteroatoms. The van der Waals surface area contributed by atoms with Crippen LogP contribution in [0.25, 0.3) is 11.0 Å². The van der Waals surface area contributed by atoms with Crippen molar-refractivity contribution in [3.8, 4) is 5.75 Å². The van der Waals surface area contributed by atoms with Crippen LogP contribution in [-0.2, 0) is 4.79 Å². The van der Waals surface area contributed by atoms with E-state index in [2.05, 4.69) is 23.0 Å². The van der Waals surface area contributed by atoms with Crippen molar-refractivity contribution in [2.75, 3.05) is 24.3 Å². The summed E-state index contributed by atoms with van der Waals surface area (Å²) in [4.78, 5) is 23.9. The van der Waals surface area contributed by atoms with Gasteiger partial charge in [-0.3, -0.25) is 4.79 Å². The van der Waals surface area contributed by atoms with E-state index in [1.807, 2.05) is 53.1 Å². The molecule has 0 radical (unpaired) electrons. The summed E-state index contributed by atoms with van der Waals surface area (Å²) in [6.45, 7) is 2.97. The number of carbonyl (C=O) groups excluding carboxylic acids is 1. The lowest BCUT2D eigenvalue weighted by Gasteiger charge is -2.22. The first-order chi connectivity index (χ1) is 13.1. The Kier molecular flexibility index (Phi) is 5.31. The van der Waals surface area contributed by atoms with Gasteiger partial charge in [-0.25, -0.2) is 4.98 Å². The Bertz CT molecular complexity index is 973. The van der Waals surface area contributed by atoms with E-state index in [1.54, 1.807) is 7.11 Å². The third-order valence-electron chi connectivity index (χ3n) is 4.54. The van der Waals surface area contributed by atoms with Gasteiger partial charge in [0.25, 0.3) is 0 Å². The van der Waals surface area contributed by atoms with Crippen LogP contribution >= 0.6 is 23.5 Å². The molecule has 2 aromatic carbocycles. The summed E-state index contributed by atoms with van der Waals surface area (Å²) < 4.78 is 5.25. The van der Waals surface area contributed by atoms with Crippen LogP contribution in [0, 0.1) is 0 Å². The van der Waals surface area contributed by atoms with Crippen LogP contribution in [0.5, 0.6) is 5.75 Å². The SMILES string of the molecule is COc1ccc2nc(SCC(=O)N3CC[C@H](C)Sc4ccccc43)[nH]c2c1. The summed E-state index contributed by atoms with van der Waals surface area (Å²) in [7, 11) is 1.64. The highest BCUT2D eigenvalue weighted by atomic mass is 32.2. The molecule has 2 heterocycles. The van der Waals surface area contributed by atoms with Gasteiger partial charge in [-0.15, -0.1) is 11.8 Å². The molecule has 3 aromatic rings. The lowest BCUT2D eigenvalue weighted by Crippen LogP contribution is -2.33. The van der Waals surface area contributed by atoms with Crippen molar-refractivity contribution in [2.24, 2.45) is 0 Å². The molecule has 1 aromatic heterocycles. The number of hydrogen-bond acceptors (Lipinski definition) is 5. The van der Waals surface area contributed by atoms with Gasteiger partial charge in [-0.1, -0.05) is 30.8 Å². The Hall–Kier alpha value is -2.12. The average molecular weight is 400 g/mol. The maximum Gasteiger partial charge on any atom is 0.237 e. The largest absolute Gasteiger partial charge is 0.497 e. The summed E-state index contributed by atoms with van der Waals surface area (Å²) in [5.74, 6) is 1.25. The Morgan fingerprint density at radius 3 is 3.07 bits per heavy atom. The number of rotatable bonds is 4. The molecule has 1 aliphatic rings. The van der Waals surface area contributed by atoms with Crippen LogP contribution < -0.4 is 9.64 Å². The topological polar surface area (TPSA) is 58.2 Å². The molecule has 0 spiro atoms. The van der Waals surface area contributed by atoms with Gasteiger partial charge in [0.15, 0.2) is 5.16 Å². The fourth-order valence-corrected chi connectivity index (χ4v) is 4.99. The lowest BCUT2D eigenvalue weighted by atomic mass is 10.2. The third kappa shape index (κ3) is 3.94. The van der Waals surface area contributed by atoms with Crippen molar-refractivity contribution in [3.63, 3.8) is 0 Å². The summed E-state index contributed by atoms with van der Waals surface area (Å²) in [6, 6.07) is 13.9. The summed E-state index contributed by atoms with van der Waals surface area (Å²) in [6.07, 6.45) is 0.986. The molecule has 5 nitrogen and oxygen atoms in total. The second-order valence-electron chi connectivity index (χ2n) is 6.44. The van der Waals surface area contributed by atoms with Crippen LogP contribution in [0.4, 0.5) is 5.69 Å². The smallest absolute Gasteiger partial charge is 0.237 e. The van der Waals surface area contributed by atoms with Gasteiger partial charge >= 0.3 is 0 Å².